The van der Waals surface area contributed by atoms with Crippen LogP contribution in [0.5, 0.6) is 0 Å². The Balaban J connectivity index is 0.00000351. The average Bonchev–Trinajstić information content (AvgIpc) is 3.15. The molecule has 0 aliphatic rings. The van der Waals surface area contributed by atoms with Crippen LogP contribution in [-0.2, 0) is 20.1 Å². The Morgan fingerprint density at radius 1 is 0.383 bits per heavy atom. The van der Waals surface area contributed by atoms with E-state index in [4.69, 9.17) is 19.9 Å². The Morgan fingerprint density at radius 3 is 1.38 bits per heavy atom. The van der Waals surface area contributed by atoms with Crippen LogP contribution in [0.1, 0.15) is 0 Å². The maximum absolute atomic E-state index is 5.00. The second-order valence-corrected chi connectivity index (χ2v) is 11.1. The van der Waals surface area contributed by atoms with E-state index in [9.17, 15) is 0 Å². The molecule has 0 N–H and O–H groups in total. The Kier molecular flexibility index (Phi) is 8.57. The molecule has 1 radical (unpaired) electrons. The summed E-state index contributed by atoms with van der Waals surface area (Å²) in [4.78, 5) is 19.7. The van der Waals surface area contributed by atoms with E-state index >= 15 is 0 Å². The van der Waals surface area contributed by atoms with Gasteiger partial charge < -0.3 is 4.98 Å². The molecule has 47 heavy (non-hydrogen) atoms. The van der Waals surface area contributed by atoms with Crippen molar-refractivity contribution in [2.24, 2.45) is 0 Å². The van der Waals surface area contributed by atoms with E-state index in [2.05, 4.69) is 127 Å². The third-order valence-electron chi connectivity index (χ3n) is 8.10. The number of hydrogen-bond acceptors (Lipinski definition) is 4. The topological polar surface area (TPSA) is 51.6 Å². The van der Waals surface area contributed by atoms with E-state index < -0.39 is 0 Å². The second-order valence-electron chi connectivity index (χ2n) is 11.1. The summed E-state index contributed by atoms with van der Waals surface area (Å²) in [5.41, 5.74) is 9.06. The van der Waals surface area contributed by atoms with Gasteiger partial charge in [-0.3, -0.25) is 0 Å². The number of benzene rings is 6. The van der Waals surface area contributed by atoms with Gasteiger partial charge in [-0.05, 0) is 38.7 Å². The number of hydrogen-bond donors (Lipinski definition) is 0. The number of aromatic nitrogens is 4. The predicted octanol–water partition coefficient (Wildman–Crippen LogP) is 10.2. The Labute approximate surface area is 287 Å². The number of pyridine rings is 1. The molecule has 4 nitrogen and oxygen atoms in total. The number of nitrogens with zero attached hydrogens (tertiary/aromatic N) is 4. The first-order valence-corrected chi connectivity index (χ1v) is 15.2. The van der Waals surface area contributed by atoms with Crippen molar-refractivity contribution in [3.05, 3.63) is 170 Å². The van der Waals surface area contributed by atoms with Gasteiger partial charge in [-0.1, -0.05) is 145 Å². The Morgan fingerprint density at radius 2 is 0.830 bits per heavy atom. The molecule has 225 valence electrons. The molecule has 0 saturated carbocycles. The largest absolute Gasteiger partial charge is 0.304 e. The molecule has 0 fully saturated rings. The van der Waals surface area contributed by atoms with Gasteiger partial charge >= 0.3 is 0 Å². The van der Waals surface area contributed by atoms with Crippen molar-refractivity contribution in [1.29, 1.82) is 0 Å². The normalized spacial score (nSPS) is 10.8. The molecule has 2 heterocycles. The van der Waals surface area contributed by atoms with Gasteiger partial charge in [-0.15, -0.1) is 29.8 Å². The van der Waals surface area contributed by atoms with Crippen molar-refractivity contribution in [2.45, 2.75) is 0 Å². The van der Waals surface area contributed by atoms with Gasteiger partial charge in [-0.25, -0.2) is 15.0 Å². The van der Waals surface area contributed by atoms with Crippen LogP contribution in [0.3, 0.4) is 0 Å². The zero-order chi connectivity index (χ0) is 30.7. The first-order chi connectivity index (χ1) is 22.8. The van der Waals surface area contributed by atoms with Crippen LogP contribution in [0.15, 0.2) is 164 Å². The summed E-state index contributed by atoms with van der Waals surface area (Å²) in [6, 6.07) is 57.1. The molecule has 5 heteroatoms. The van der Waals surface area contributed by atoms with E-state index in [0.29, 0.717) is 17.5 Å². The van der Waals surface area contributed by atoms with Gasteiger partial charge in [0.25, 0.3) is 0 Å². The van der Waals surface area contributed by atoms with Crippen LogP contribution in [0.2, 0.25) is 0 Å². The van der Waals surface area contributed by atoms with Gasteiger partial charge in [0.2, 0.25) is 0 Å². The van der Waals surface area contributed by atoms with Crippen molar-refractivity contribution in [3.63, 3.8) is 0 Å². The van der Waals surface area contributed by atoms with E-state index in [1.165, 1.54) is 11.1 Å². The molecule has 0 unspecified atom stereocenters. The quantitative estimate of drug-likeness (QED) is 0.158. The van der Waals surface area contributed by atoms with Crippen LogP contribution in [-0.4, -0.2) is 19.9 Å². The summed E-state index contributed by atoms with van der Waals surface area (Å²) < 4.78 is 0. The summed E-state index contributed by atoms with van der Waals surface area (Å²) in [6.45, 7) is 0. The molecule has 0 bridgehead atoms. The summed E-state index contributed by atoms with van der Waals surface area (Å²) in [5, 5.41) is 2.24. The smallest absolute Gasteiger partial charge is 0.164 e. The molecule has 8 aromatic rings. The van der Waals surface area contributed by atoms with Crippen LogP contribution < -0.4 is 0 Å². The fourth-order valence-corrected chi connectivity index (χ4v) is 5.63. The monoisotopic (exact) mass is 780 g/mol. The molecule has 0 spiro atoms. The summed E-state index contributed by atoms with van der Waals surface area (Å²) >= 11 is 0. The molecule has 0 amide bonds. The third-order valence-corrected chi connectivity index (χ3v) is 8.10. The molecule has 8 rings (SSSR count). The standard InChI is InChI=1S/C42H27N4.Ir/c1-3-10-29(11-4-1)31-18-22-33(23-19-31)40-44-41(34-24-20-32(21-25-34)30-12-5-2-6-13-30)46-42(45-40)37-17-9-16-36(26-37)39-27-35-14-7-8-15-38(35)28-43-39;/h1-15,17-28H;/q-1;. The molecule has 6 aromatic carbocycles. The van der Waals surface area contributed by atoms with Crippen LogP contribution in [0.4, 0.5) is 0 Å². The fourth-order valence-electron chi connectivity index (χ4n) is 5.63. The molecule has 0 aliphatic carbocycles. The van der Waals surface area contributed by atoms with Gasteiger partial charge in [-0.2, -0.15) is 0 Å². The first-order valence-electron chi connectivity index (χ1n) is 15.2. The van der Waals surface area contributed by atoms with E-state index in [1.807, 2.05) is 42.6 Å². The van der Waals surface area contributed by atoms with E-state index in [1.54, 1.807) is 0 Å². The van der Waals surface area contributed by atoms with Crippen molar-refractivity contribution in [3.8, 4) is 67.7 Å². The molecule has 2 aromatic heterocycles. The minimum atomic E-state index is 0. The van der Waals surface area contributed by atoms with E-state index in [0.717, 1.165) is 49.8 Å². The molecule has 0 saturated heterocycles. The average molecular weight is 780 g/mol. The molecule has 0 aliphatic heterocycles. The van der Waals surface area contributed by atoms with Gasteiger partial charge in [0.15, 0.2) is 11.6 Å². The van der Waals surface area contributed by atoms with Gasteiger partial charge in [0.05, 0.1) is 0 Å². The van der Waals surface area contributed by atoms with Crippen molar-refractivity contribution in [1.82, 2.24) is 19.9 Å². The maximum atomic E-state index is 5.00. The second kappa shape index (κ2) is 13.4. The van der Waals surface area contributed by atoms with Gasteiger partial charge in [0, 0.05) is 37.4 Å². The predicted molar refractivity (Wildman–Crippen MR) is 187 cm³/mol. The Bertz CT molecular complexity index is 2190. The zero-order valence-electron chi connectivity index (χ0n) is 25.2. The molecular weight excluding hydrogens is 753 g/mol. The Hall–Kier alpha value is -5.61. The number of rotatable bonds is 6. The molecule has 0 atom stereocenters. The number of fused-ring (bicyclic) bond motifs is 1. The summed E-state index contributed by atoms with van der Waals surface area (Å²) in [7, 11) is 0. The van der Waals surface area contributed by atoms with Crippen molar-refractivity contribution < 1.29 is 20.1 Å². The first kappa shape index (κ1) is 30.1. The van der Waals surface area contributed by atoms with Crippen molar-refractivity contribution in [2.75, 3.05) is 0 Å². The van der Waals surface area contributed by atoms with Gasteiger partial charge in [0.1, 0.15) is 5.82 Å². The minimum Gasteiger partial charge on any atom is -0.304 e. The van der Waals surface area contributed by atoms with Crippen LogP contribution in [0.25, 0.3) is 78.4 Å². The van der Waals surface area contributed by atoms with Crippen LogP contribution in [0, 0.1) is 6.07 Å². The fraction of sp³-hybridized carbons (Fsp3) is 0. The third kappa shape index (κ3) is 6.41. The maximum Gasteiger partial charge on any atom is 0.164 e. The minimum absolute atomic E-state index is 0. The SMILES string of the molecule is [Ir].[c-]1ccc(-c2nc(-c3ccc(-c4ccccc4)cc3)nc(-c3ccc(-c4ccccc4)cc3)n2)cc1-c1cc2ccccc2cn1. The van der Waals surface area contributed by atoms with E-state index in [-0.39, 0.29) is 20.1 Å². The zero-order valence-corrected chi connectivity index (χ0v) is 27.6. The van der Waals surface area contributed by atoms with Crippen LogP contribution >= 0.6 is 0 Å². The molecular formula is C42H27IrN4-. The van der Waals surface area contributed by atoms with Crippen molar-refractivity contribution >= 4 is 10.8 Å². The summed E-state index contributed by atoms with van der Waals surface area (Å²) in [5.74, 6) is 1.82. The summed E-state index contributed by atoms with van der Waals surface area (Å²) in [6.07, 6.45) is 1.91.